The molecule has 1 aromatic carbocycles. The maximum Gasteiger partial charge on any atom is 0.416 e. The number of piperidine rings is 1. The van der Waals surface area contributed by atoms with E-state index in [1.54, 1.807) is 30.6 Å². The molecule has 0 radical (unpaired) electrons. The van der Waals surface area contributed by atoms with E-state index < -0.39 is 41.0 Å². The third-order valence-corrected chi connectivity index (χ3v) is 5.67. The molecular formula is C23H19F6N5O. The summed E-state index contributed by atoms with van der Waals surface area (Å²) in [5.41, 5.74) is -1.97. The van der Waals surface area contributed by atoms with Gasteiger partial charge in [0, 0.05) is 42.7 Å². The minimum Gasteiger partial charge on any atom is -0.355 e. The molecule has 1 fully saturated rings. The van der Waals surface area contributed by atoms with Gasteiger partial charge in [-0.15, -0.1) is 10.2 Å². The van der Waals surface area contributed by atoms with E-state index in [0.717, 1.165) is 5.56 Å². The van der Waals surface area contributed by atoms with Gasteiger partial charge in [0.25, 0.3) is 0 Å². The lowest BCUT2D eigenvalue weighted by atomic mass is 9.95. The van der Waals surface area contributed by atoms with Gasteiger partial charge in [-0.1, -0.05) is 0 Å². The number of carbonyl (C=O) groups excluding carboxylic acids is 1. The fourth-order valence-electron chi connectivity index (χ4n) is 3.81. The number of carbonyl (C=O) groups is 1. The SMILES string of the molecule is O=C(Nc1cc(C(F)(F)F)cc(C(F)(F)F)c1)C1CCN(c2ccc(-c3ccncc3)nn2)CC1. The number of hydrogen-bond acceptors (Lipinski definition) is 5. The van der Waals surface area contributed by atoms with Crippen molar-refractivity contribution >= 4 is 17.4 Å². The molecule has 3 heterocycles. The van der Waals surface area contributed by atoms with E-state index in [-0.39, 0.29) is 6.07 Å². The average molecular weight is 495 g/mol. The highest BCUT2D eigenvalue weighted by Gasteiger charge is 2.37. The van der Waals surface area contributed by atoms with E-state index in [9.17, 15) is 31.1 Å². The molecule has 184 valence electrons. The number of amides is 1. The van der Waals surface area contributed by atoms with E-state index in [4.69, 9.17) is 0 Å². The molecule has 35 heavy (non-hydrogen) atoms. The van der Waals surface area contributed by atoms with E-state index in [1.807, 2.05) is 11.0 Å². The zero-order chi connectivity index (χ0) is 25.2. The smallest absolute Gasteiger partial charge is 0.355 e. The maximum atomic E-state index is 13.1. The summed E-state index contributed by atoms with van der Waals surface area (Å²) in [5, 5.41) is 10.7. The van der Waals surface area contributed by atoms with Crippen molar-refractivity contribution in [1.82, 2.24) is 15.2 Å². The molecule has 1 aliphatic rings. The Hall–Kier alpha value is -3.70. The summed E-state index contributed by atoms with van der Waals surface area (Å²) in [7, 11) is 0. The first-order valence-corrected chi connectivity index (χ1v) is 10.6. The number of hydrogen-bond donors (Lipinski definition) is 1. The normalized spacial score (nSPS) is 15.2. The second-order valence-electron chi connectivity index (χ2n) is 8.06. The molecule has 2 aromatic heterocycles. The minimum atomic E-state index is -4.99. The predicted octanol–water partition coefficient (Wildman–Crippen LogP) is 5.43. The predicted molar refractivity (Wildman–Crippen MR) is 115 cm³/mol. The summed E-state index contributed by atoms with van der Waals surface area (Å²) in [6.45, 7) is 0.857. The number of benzene rings is 1. The van der Waals surface area contributed by atoms with Crippen LogP contribution in [0.1, 0.15) is 24.0 Å². The van der Waals surface area contributed by atoms with Gasteiger partial charge in [0.15, 0.2) is 5.82 Å². The van der Waals surface area contributed by atoms with E-state index in [0.29, 0.717) is 49.6 Å². The lowest BCUT2D eigenvalue weighted by Gasteiger charge is -2.32. The number of anilines is 2. The first-order chi connectivity index (χ1) is 16.5. The first kappa shape index (κ1) is 24.4. The van der Waals surface area contributed by atoms with Crippen molar-refractivity contribution in [1.29, 1.82) is 0 Å². The second kappa shape index (κ2) is 9.51. The van der Waals surface area contributed by atoms with Crippen LogP contribution in [0.3, 0.4) is 0 Å². The Morgan fingerprint density at radius 3 is 1.97 bits per heavy atom. The van der Waals surface area contributed by atoms with Gasteiger partial charge in [0.2, 0.25) is 5.91 Å². The lowest BCUT2D eigenvalue weighted by Crippen LogP contribution is -2.38. The molecule has 0 unspecified atom stereocenters. The van der Waals surface area contributed by atoms with Gasteiger partial charge < -0.3 is 10.2 Å². The van der Waals surface area contributed by atoms with Crippen molar-refractivity contribution in [3.63, 3.8) is 0 Å². The van der Waals surface area contributed by atoms with Crippen molar-refractivity contribution in [3.05, 3.63) is 66.0 Å². The van der Waals surface area contributed by atoms with Crippen LogP contribution in [0.15, 0.2) is 54.9 Å². The molecule has 3 aromatic rings. The molecule has 0 aliphatic carbocycles. The highest BCUT2D eigenvalue weighted by Crippen LogP contribution is 2.37. The number of halogens is 6. The van der Waals surface area contributed by atoms with Crippen LogP contribution in [0.25, 0.3) is 11.3 Å². The van der Waals surface area contributed by atoms with E-state index >= 15 is 0 Å². The molecule has 1 aliphatic heterocycles. The summed E-state index contributed by atoms with van der Waals surface area (Å²) in [4.78, 5) is 18.5. The van der Waals surface area contributed by atoms with Crippen LogP contribution in [0.5, 0.6) is 0 Å². The average Bonchev–Trinajstić information content (AvgIpc) is 2.83. The minimum absolute atomic E-state index is 0.0230. The topological polar surface area (TPSA) is 71.0 Å². The molecule has 1 N–H and O–H groups in total. The summed E-state index contributed by atoms with van der Waals surface area (Å²) in [6.07, 6.45) is -5.98. The third kappa shape index (κ3) is 5.87. The van der Waals surface area contributed by atoms with Gasteiger partial charge in [-0.3, -0.25) is 9.78 Å². The van der Waals surface area contributed by atoms with Crippen molar-refractivity contribution in [2.24, 2.45) is 5.92 Å². The summed E-state index contributed by atoms with van der Waals surface area (Å²) >= 11 is 0. The molecule has 0 spiro atoms. The Morgan fingerprint density at radius 1 is 0.857 bits per heavy atom. The Labute approximate surface area is 196 Å². The number of alkyl halides is 6. The third-order valence-electron chi connectivity index (χ3n) is 5.67. The standard InChI is InChI=1S/C23H19F6N5O/c24-22(25,26)16-11-17(23(27,28)29)13-18(12-16)31-21(35)15-5-9-34(10-6-15)20-2-1-19(32-33-20)14-3-7-30-8-4-14/h1-4,7-8,11-13,15H,5-6,9-10H2,(H,31,35). The monoisotopic (exact) mass is 495 g/mol. The lowest BCUT2D eigenvalue weighted by molar-refractivity contribution is -0.143. The molecule has 1 saturated heterocycles. The molecule has 1 amide bonds. The van der Waals surface area contributed by atoms with Crippen LogP contribution >= 0.6 is 0 Å². The molecular weight excluding hydrogens is 476 g/mol. The maximum absolute atomic E-state index is 13.1. The zero-order valence-corrected chi connectivity index (χ0v) is 18.1. The summed E-state index contributed by atoms with van der Waals surface area (Å²) in [5.74, 6) is -0.593. The Balaban J connectivity index is 1.40. The number of nitrogens with zero attached hydrogens (tertiary/aromatic N) is 4. The van der Waals surface area contributed by atoms with Crippen LogP contribution in [0.2, 0.25) is 0 Å². The van der Waals surface area contributed by atoms with Crippen molar-refractivity contribution < 1.29 is 31.1 Å². The number of pyridine rings is 1. The quantitative estimate of drug-likeness (QED) is 0.489. The Kier molecular flexibility index (Phi) is 6.64. The molecule has 4 rings (SSSR count). The van der Waals surface area contributed by atoms with Crippen LogP contribution < -0.4 is 10.2 Å². The molecule has 6 nitrogen and oxygen atoms in total. The van der Waals surface area contributed by atoms with Crippen molar-refractivity contribution in [3.8, 4) is 11.3 Å². The fourth-order valence-corrected chi connectivity index (χ4v) is 3.81. The number of nitrogens with one attached hydrogen (secondary N) is 1. The molecule has 0 bridgehead atoms. The van der Waals surface area contributed by atoms with Gasteiger partial charge >= 0.3 is 12.4 Å². The zero-order valence-electron chi connectivity index (χ0n) is 18.1. The van der Waals surface area contributed by atoms with Gasteiger partial charge in [-0.25, -0.2) is 0 Å². The van der Waals surface area contributed by atoms with E-state index in [1.165, 1.54) is 0 Å². The van der Waals surface area contributed by atoms with Crippen LogP contribution in [-0.4, -0.2) is 34.2 Å². The molecule has 0 saturated carbocycles. The van der Waals surface area contributed by atoms with Crippen LogP contribution in [-0.2, 0) is 17.1 Å². The highest BCUT2D eigenvalue weighted by atomic mass is 19.4. The van der Waals surface area contributed by atoms with Gasteiger partial charge in [0.1, 0.15) is 0 Å². The van der Waals surface area contributed by atoms with Crippen molar-refractivity contribution in [2.45, 2.75) is 25.2 Å². The van der Waals surface area contributed by atoms with Crippen molar-refractivity contribution in [2.75, 3.05) is 23.3 Å². The van der Waals surface area contributed by atoms with Gasteiger partial charge in [-0.2, -0.15) is 26.3 Å². The largest absolute Gasteiger partial charge is 0.416 e. The first-order valence-electron chi connectivity index (χ1n) is 10.6. The second-order valence-corrected chi connectivity index (χ2v) is 8.06. The number of rotatable bonds is 4. The Bertz CT molecular complexity index is 1140. The van der Waals surface area contributed by atoms with Gasteiger partial charge in [0.05, 0.1) is 16.8 Å². The van der Waals surface area contributed by atoms with Gasteiger partial charge in [-0.05, 0) is 55.3 Å². The highest BCUT2D eigenvalue weighted by molar-refractivity contribution is 5.93. The fraction of sp³-hybridized carbons (Fsp3) is 0.304. The van der Waals surface area contributed by atoms with Crippen LogP contribution in [0, 0.1) is 5.92 Å². The number of aromatic nitrogens is 3. The molecule has 0 atom stereocenters. The van der Waals surface area contributed by atoms with Crippen LogP contribution in [0.4, 0.5) is 37.8 Å². The summed E-state index contributed by atoms with van der Waals surface area (Å²) < 4.78 is 78.3. The summed E-state index contributed by atoms with van der Waals surface area (Å²) in [6, 6.07) is 8.23. The Morgan fingerprint density at radius 2 is 1.46 bits per heavy atom. The molecule has 12 heteroatoms. The van der Waals surface area contributed by atoms with E-state index in [2.05, 4.69) is 20.5 Å².